The molecule has 2 aromatic rings. The fraction of sp³-hybridized carbons (Fsp3) is 0.435. The molecule has 2 heterocycles. The lowest BCUT2D eigenvalue weighted by molar-refractivity contribution is -0.123. The molecule has 2 N–H and O–H groups in total. The molecule has 2 amide bonds. The molecule has 3 rings (SSSR count). The Balaban J connectivity index is 1.57. The molecule has 6 nitrogen and oxygen atoms in total. The number of carbonyl (C=O) groups is 2. The van der Waals surface area contributed by atoms with Crippen LogP contribution in [0.1, 0.15) is 43.7 Å². The third-order valence-corrected chi connectivity index (χ3v) is 5.41. The van der Waals surface area contributed by atoms with Crippen LogP contribution in [0.25, 0.3) is 0 Å². The van der Waals surface area contributed by atoms with Gasteiger partial charge in [0.25, 0.3) is 0 Å². The van der Waals surface area contributed by atoms with Gasteiger partial charge < -0.3 is 15.4 Å². The van der Waals surface area contributed by atoms with Crippen LogP contribution < -0.4 is 15.4 Å². The maximum Gasteiger partial charge on any atom is 0.220 e. The number of benzene rings is 1. The van der Waals surface area contributed by atoms with E-state index in [1.165, 1.54) is 0 Å². The predicted octanol–water partition coefficient (Wildman–Crippen LogP) is 2.81. The quantitative estimate of drug-likeness (QED) is 0.684. The highest BCUT2D eigenvalue weighted by Crippen LogP contribution is 2.30. The zero-order valence-corrected chi connectivity index (χ0v) is 17.1. The molecule has 1 saturated heterocycles. The molecule has 1 aliphatic rings. The fourth-order valence-electron chi connectivity index (χ4n) is 3.98. The molecule has 0 radical (unpaired) electrons. The first-order valence-electron chi connectivity index (χ1n) is 10.1. The average molecular weight is 396 g/mol. The van der Waals surface area contributed by atoms with E-state index in [9.17, 15) is 9.59 Å². The maximum atomic E-state index is 12.5. The Morgan fingerprint density at radius 1 is 1.31 bits per heavy atom. The SMILES string of the molecule is COc1cccc(C[C@]2(CCC(=O)N[C@H](C)Cc3cccnc3)CCC(=O)N2)c1. The molecule has 154 valence electrons. The van der Waals surface area contributed by atoms with E-state index in [1.54, 1.807) is 13.3 Å². The van der Waals surface area contributed by atoms with E-state index in [0.717, 1.165) is 29.7 Å². The molecule has 1 fully saturated rings. The summed E-state index contributed by atoms with van der Waals surface area (Å²) in [6, 6.07) is 11.8. The van der Waals surface area contributed by atoms with E-state index < -0.39 is 0 Å². The Labute approximate surface area is 172 Å². The van der Waals surface area contributed by atoms with Crippen molar-refractivity contribution in [3.05, 3.63) is 59.9 Å². The number of ether oxygens (including phenoxy) is 1. The summed E-state index contributed by atoms with van der Waals surface area (Å²) in [4.78, 5) is 28.6. The molecular weight excluding hydrogens is 366 g/mol. The number of hydrogen-bond acceptors (Lipinski definition) is 4. The van der Waals surface area contributed by atoms with Crippen molar-refractivity contribution in [2.24, 2.45) is 0 Å². The Morgan fingerprint density at radius 3 is 2.83 bits per heavy atom. The van der Waals surface area contributed by atoms with Gasteiger partial charge in [0, 0.05) is 36.8 Å². The number of methoxy groups -OCH3 is 1. The number of rotatable bonds is 9. The molecule has 29 heavy (non-hydrogen) atoms. The van der Waals surface area contributed by atoms with Gasteiger partial charge in [-0.25, -0.2) is 0 Å². The van der Waals surface area contributed by atoms with Gasteiger partial charge in [0.15, 0.2) is 0 Å². The minimum Gasteiger partial charge on any atom is -0.497 e. The van der Waals surface area contributed by atoms with Crippen molar-refractivity contribution >= 4 is 11.8 Å². The summed E-state index contributed by atoms with van der Waals surface area (Å²) in [5.41, 5.74) is 1.81. The Morgan fingerprint density at radius 2 is 2.14 bits per heavy atom. The number of nitrogens with one attached hydrogen (secondary N) is 2. The van der Waals surface area contributed by atoms with Crippen LogP contribution in [0.5, 0.6) is 5.75 Å². The molecule has 0 saturated carbocycles. The minimum atomic E-state index is -0.382. The lowest BCUT2D eigenvalue weighted by atomic mass is 9.85. The number of carbonyl (C=O) groups excluding carboxylic acids is 2. The normalized spacial score (nSPS) is 19.4. The van der Waals surface area contributed by atoms with Crippen LogP contribution in [-0.4, -0.2) is 35.5 Å². The van der Waals surface area contributed by atoms with Gasteiger partial charge >= 0.3 is 0 Å². The molecule has 1 aromatic heterocycles. The molecule has 1 aromatic carbocycles. The van der Waals surface area contributed by atoms with Crippen molar-refractivity contribution < 1.29 is 14.3 Å². The predicted molar refractivity (Wildman–Crippen MR) is 112 cm³/mol. The van der Waals surface area contributed by atoms with Gasteiger partial charge in [-0.15, -0.1) is 0 Å². The van der Waals surface area contributed by atoms with Gasteiger partial charge in [0.1, 0.15) is 5.75 Å². The first kappa shape index (κ1) is 20.8. The molecule has 0 bridgehead atoms. The number of hydrogen-bond donors (Lipinski definition) is 2. The van der Waals surface area contributed by atoms with Crippen molar-refractivity contribution in [1.29, 1.82) is 0 Å². The molecule has 0 spiro atoms. The highest BCUT2D eigenvalue weighted by molar-refractivity contribution is 5.80. The van der Waals surface area contributed by atoms with Crippen molar-refractivity contribution in [1.82, 2.24) is 15.6 Å². The lowest BCUT2D eigenvalue weighted by Gasteiger charge is -2.29. The minimum absolute atomic E-state index is 0.00700. The van der Waals surface area contributed by atoms with Gasteiger partial charge in [0.2, 0.25) is 11.8 Å². The average Bonchev–Trinajstić information content (AvgIpc) is 3.08. The number of amides is 2. The Kier molecular flexibility index (Phi) is 6.86. The van der Waals surface area contributed by atoms with E-state index in [-0.39, 0.29) is 23.4 Å². The van der Waals surface area contributed by atoms with E-state index in [1.807, 2.05) is 49.5 Å². The van der Waals surface area contributed by atoms with Crippen LogP contribution in [0, 0.1) is 0 Å². The Bertz CT molecular complexity index is 840. The zero-order valence-electron chi connectivity index (χ0n) is 17.1. The summed E-state index contributed by atoms with van der Waals surface area (Å²) >= 11 is 0. The zero-order chi connectivity index (χ0) is 20.7. The number of pyridine rings is 1. The molecule has 1 aliphatic heterocycles. The van der Waals surface area contributed by atoms with Crippen LogP contribution in [-0.2, 0) is 22.4 Å². The summed E-state index contributed by atoms with van der Waals surface area (Å²) in [6.45, 7) is 1.99. The number of nitrogens with zero attached hydrogens (tertiary/aromatic N) is 1. The van der Waals surface area contributed by atoms with Crippen LogP contribution in [0.2, 0.25) is 0 Å². The maximum absolute atomic E-state index is 12.5. The van der Waals surface area contributed by atoms with E-state index >= 15 is 0 Å². The third kappa shape index (κ3) is 6.04. The van der Waals surface area contributed by atoms with Gasteiger partial charge in [-0.1, -0.05) is 18.2 Å². The monoisotopic (exact) mass is 395 g/mol. The summed E-state index contributed by atoms with van der Waals surface area (Å²) in [7, 11) is 1.64. The van der Waals surface area contributed by atoms with Crippen molar-refractivity contribution in [2.45, 2.75) is 57.0 Å². The van der Waals surface area contributed by atoms with Gasteiger partial charge in [-0.3, -0.25) is 14.6 Å². The standard InChI is InChI=1S/C23H29N3O3/c1-17(13-19-6-4-12-24-16-19)25-21(27)8-10-23(11-9-22(28)26-23)15-18-5-3-7-20(14-18)29-2/h3-7,12,14,16-17H,8-11,13,15H2,1-2H3,(H,25,27)(H,26,28)/t17-,23+/m1/s1. The molecule has 0 aliphatic carbocycles. The molecular formula is C23H29N3O3. The van der Waals surface area contributed by atoms with Gasteiger partial charge in [0.05, 0.1) is 7.11 Å². The summed E-state index contributed by atoms with van der Waals surface area (Å²) in [6.07, 6.45) is 7.22. The van der Waals surface area contributed by atoms with Crippen LogP contribution in [0.4, 0.5) is 0 Å². The molecule has 2 atom stereocenters. The lowest BCUT2D eigenvalue weighted by Crippen LogP contribution is -2.45. The first-order chi connectivity index (χ1) is 14.0. The van der Waals surface area contributed by atoms with Crippen LogP contribution in [0.3, 0.4) is 0 Å². The van der Waals surface area contributed by atoms with Crippen LogP contribution >= 0.6 is 0 Å². The summed E-state index contributed by atoms with van der Waals surface area (Å²) in [5, 5.41) is 6.20. The Hall–Kier alpha value is -2.89. The van der Waals surface area contributed by atoms with E-state index in [4.69, 9.17) is 4.74 Å². The molecule has 0 unspecified atom stereocenters. The van der Waals surface area contributed by atoms with Gasteiger partial charge in [-0.2, -0.15) is 0 Å². The second-order valence-electron chi connectivity index (χ2n) is 7.89. The van der Waals surface area contributed by atoms with E-state index in [0.29, 0.717) is 25.7 Å². The largest absolute Gasteiger partial charge is 0.497 e. The first-order valence-corrected chi connectivity index (χ1v) is 10.1. The highest BCUT2D eigenvalue weighted by Gasteiger charge is 2.38. The van der Waals surface area contributed by atoms with Crippen molar-refractivity contribution in [3.8, 4) is 5.75 Å². The van der Waals surface area contributed by atoms with Crippen molar-refractivity contribution in [2.75, 3.05) is 7.11 Å². The second-order valence-corrected chi connectivity index (χ2v) is 7.89. The highest BCUT2D eigenvalue weighted by atomic mass is 16.5. The summed E-state index contributed by atoms with van der Waals surface area (Å²) in [5.74, 6) is 0.856. The van der Waals surface area contributed by atoms with Crippen molar-refractivity contribution in [3.63, 3.8) is 0 Å². The smallest absolute Gasteiger partial charge is 0.220 e. The van der Waals surface area contributed by atoms with E-state index in [2.05, 4.69) is 15.6 Å². The number of aromatic nitrogens is 1. The third-order valence-electron chi connectivity index (χ3n) is 5.41. The topological polar surface area (TPSA) is 80.3 Å². The fourth-order valence-corrected chi connectivity index (χ4v) is 3.98. The van der Waals surface area contributed by atoms with Crippen LogP contribution in [0.15, 0.2) is 48.8 Å². The second kappa shape index (κ2) is 9.54. The van der Waals surface area contributed by atoms with Gasteiger partial charge in [-0.05, 0) is 61.9 Å². The summed E-state index contributed by atoms with van der Waals surface area (Å²) < 4.78 is 5.31. The molecule has 6 heteroatoms.